The van der Waals surface area contributed by atoms with Crippen molar-refractivity contribution in [1.29, 1.82) is 0 Å². The molecule has 0 aliphatic carbocycles. The predicted molar refractivity (Wildman–Crippen MR) is 43.7 cm³/mol. The molecule has 0 fully saturated rings. The molecule has 0 aromatic carbocycles. The third kappa shape index (κ3) is 2.70. The first-order chi connectivity index (χ1) is 5.70. The molecule has 0 atom stereocenters. The lowest BCUT2D eigenvalue weighted by Crippen LogP contribution is -2.10. The average molecular weight is 190 g/mol. The van der Waals surface area contributed by atoms with Crippen LogP contribution < -0.4 is 0 Å². The lowest BCUT2D eigenvalue weighted by atomic mass is 10.1. The Balaban J connectivity index is 2.32. The van der Waals surface area contributed by atoms with Gasteiger partial charge in [-0.3, -0.25) is 4.79 Å². The first-order valence-corrected chi connectivity index (χ1v) is 4.46. The van der Waals surface area contributed by atoms with Crippen LogP contribution in [0.4, 0.5) is 8.78 Å². The minimum absolute atomic E-state index is 0.0611. The molecule has 0 unspecified atom stereocenters. The van der Waals surface area contributed by atoms with Gasteiger partial charge in [-0.05, 0) is 28.8 Å². The van der Waals surface area contributed by atoms with Gasteiger partial charge in [-0.1, -0.05) is 0 Å². The second-order valence-electron chi connectivity index (χ2n) is 2.40. The molecule has 1 rings (SSSR count). The molecule has 1 nitrogen and oxygen atoms in total. The van der Waals surface area contributed by atoms with Gasteiger partial charge in [0, 0.05) is 6.42 Å². The summed E-state index contributed by atoms with van der Waals surface area (Å²) in [7, 11) is 0. The fraction of sp³-hybridized carbons (Fsp3) is 0.375. The second-order valence-corrected chi connectivity index (χ2v) is 3.18. The van der Waals surface area contributed by atoms with Gasteiger partial charge in [0.2, 0.25) is 0 Å². The highest BCUT2D eigenvalue weighted by atomic mass is 32.1. The van der Waals surface area contributed by atoms with Crippen molar-refractivity contribution in [3.05, 3.63) is 22.4 Å². The van der Waals surface area contributed by atoms with Gasteiger partial charge in [-0.15, -0.1) is 0 Å². The Morgan fingerprint density at radius 2 is 2.33 bits per heavy atom. The number of hydrogen-bond acceptors (Lipinski definition) is 2. The summed E-state index contributed by atoms with van der Waals surface area (Å²) in [6.45, 7) is 0. The maximum Gasteiger partial charge on any atom is 0.295 e. The number of alkyl halides is 2. The molecule has 0 saturated carbocycles. The van der Waals surface area contributed by atoms with Gasteiger partial charge in [0.15, 0.2) is 5.78 Å². The Kier molecular flexibility index (Phi) is 3.34. The van der Waals surface area contributed by atoms with E-state index in [0.29, 0.717) is 6.42 Å². The first-order valence-electron chi connectivity index (χ1n) is 3.52. The Labute approximate surface area is 73.0 Å². The monoisotopic (exact) mass is 190 g/mol. The third-order valence-corrected chi connectivity index (χ3v) is 2.22. The van der Waals surface area contributed by atoms with Crippen LogP contribution in [0.25, 0.3) is 0 Å². The highest BCUT2D eigenvalue weighted by molar-refractivity contribution is 7.07. The van der Waals surface area contributed by atoms with Crippen molar-refractivity contribution in [3.63, 3.8) is 0 Å². The van der Waals surface area contributed by atoms with Crippen molar-refractivity contribution in [2.75, 3.05) is 0 Å². The number of carbonyl (C=O) groups is 1. The number of carbonyl (C=O) groups excluding carboxylic acids is 1. The van der Waals surface area contributed by atoms with Crippen LogP contribution in [0.3, 0.4) is 0 Å². The van der Waals surface area contributed by atoms with Crippen molar-refractivity contribution >= 4 is 17.1 Å². The zero-order chi connectivity index (χ0) is 8.97. The fourth-order valence-corrected chi connectivity index (χ4v) is 1.51. The molecule has 4 heteroatoms. The minimum atomic E-state index is -2.82. The van der Waals surface area contributed by atoms with E-state index in [1.54, 1.807) is 0 Å². The largest absolute Gasteiger partial charge is 0.295 e. The molecule has 66 valence electrons. The maximum atomic E-state index is 11.7. The normalized spacial score (nSPS) is 10.6. The first kappa shape index (κ1) is 9.32. The van der Waals surface area contributed by atoms with Crippen LogP contribution in [0, 0.1) is 0 Å². The summed E-state index contributed by atoms with van der Waals surface area (Å²) in [5, 5.41) is 3.72. The Morgan fingerprint density at radius 1 is 1.58 bits per heavy atom. The zero-order valence-corrected chi connectivity index (χ0v) is 7.11. The highest BCUT2D eigenvalue weighted by Crippen LogP contribution is 2.10. The Bertz CT molecular complexity index is 244. The molecule has 0 aliphatic rings. The zero-order valence-electron chi connectivity index (χ0n) is 6.30. The van der Waals surface area contributed by atoms with E-state index >= 15 is 0 Å². The van der Waals surface area contributed by atoms with Gasteiger partial charge < -0.3 is 0 Å². The van der Waals surface area contributed by atoms with Crippen molar-refractivity contribution in [1.82, 2.24) is 0 Å². The fourth-order valence-electron chi connectivity index (χ4n) is 0.812. The van der Waals surface area contributed by atoms with Crippen LogP contribution in [-0.4, -0.2) is 12.2 Å². The summed E-state index contributed by atoms with van der Waals surface area (Å²) in [4.78, 5) is 10.5. The summed E-state index contributed by atoms with van der Waals surface area (Å²) in [6, 6.07) is 1.84. The average Bonchev–Trinajstić information content (AvgIpc) is 2.51. The van der Waals surface area contributed by atoms with Crippen LogP contribution >= 0.6 is 11.3 Å². The molecule has 0 aliphatic heterocycles. The summed E-state index contributed by atoms with van der Waals surface area (Å²) < 4.78 is 23.4. The van der Waals surface area contributed by atoms with E-state index in [9.17, 15) is 13.6 Å². The molecule has 0 radical (unpaired) electrons. The van der Waals surface area contributed by atoms with Gasteiger partial charge in [0.1, 0.15) is 0 Å². The van der Waals surface area contributed by atoms with Crippen molar-refractivity contribution in [2.45, 2.75) is 19.3 Å². The molecule has 1 aromatic rings. The van der Waals surface area contributed by atoms with Gasteiger partial charge >= 0.3 is 0 Å². The lowest BCUT2D eigenvalue weighted by molar-refractivity contribution is -0.129. The van der Waals surface area contributed by atoms with E-state index in [1.807, 2.05) is 16.8 Å². The molecule has 12 heavy (non-hydrogen) atoms. The lowest BCUT2D eigenvalue weighted by Gasteiger charge is -1.96. The van der Waals surface area contributed by atoms with Crippen LogP contribution in [0.2, 0.25) is 0 Å². The van der Waals surface area contributed by atoms with Crippen LogP contribution in [0.15, 0.2) is 16.8 Å². The number of ketones is 1. The van der Waals surface area contributed by atoms with Gasteiger partial charge in [0.05, 0.1) is 0 Å². The molecule has 0 amide bonds. The van der Waals surface area contributed by atoms with Gasteiger partial charge in [0.25, 0.3) is 6.43 Å². The molecule has 1 aromatic heterocycles. The molecular weight excluding hydrogens is 182 g/mol. The maximum absolute atomic E-state index is 11.7. The Morgan fingerprint density at radius 3 is 2.83 bits per heavy atom. The minimum Gasteiger partial charge on any atom is -0.293 e. The van der Waals surface area contributed by atoms with E-state index in [4.69, 9.17) is 0 Å². The predicted octanol–water partition coefficient (Wildman–Crippen LogP) is 2.51. The number of halogens is 2. The molecule has 0 N–H and O–H groups in total. The number of hydrogen-bond donors (Lipinski definition) is 0. The summed E-state index contributed by atoms with van der Waals surface area (Å²) >= 11 is 1.50. The van der Waals surface area contributed by atoms with E-state index in [1.165, 1.54) is 11.3 Å². The summed E-state index contributed by atoms with van der Waals surface area (Å²) in [5.74, 6) is -0.971. The summed E-state index contributed by atoms with van der Waals surface area (Å²) in [5.41, 5.74) is 0.953. The van der Waals surface area contributed by atoms with Crippen LogP contribution in [0.1, 0.15) is 12.0 Å². The van der Waals surface area contributed by atoms with Crippen LogP contribution in [0.5, 0.6) is 0 Å². The van der Waals surface area contributed by atoms with Crippen molar-refractivity contribution < 1.29 is 13.6 Å². The van der Waals surface area contributed by atoms with Crippen molar-refractivity contribution in [3.8, 4) is 0 Å². The number of aryl methyl sites for hydroxylation is 1. The topological polar surface area (TPSA) is 17.1 Å². The molecule has 1 heterocycles. The van der Waals surface area contributed by atoms with E-state index < -0.39 is 12.2 Å². The number of Topliss-reactive ketones (excluding diaryl/α,β-unsaturated/α-hetero) is 1. The van der Waals surface area contributed by atoms with Crippen LogP contribution in [-0.2, 0) is 11.2 Å². The standard InChI is InChI=1S/C8H8F2OS/c9-8(10)7(11)2-1-6-3-4-12-5-6/h3-5,8H,1-2H2. The quantitative estimate of drug-likeness (QED) is 0.713. The van der Waals surface area contributed by atoms with Crippen molar-refractivity contribution in [2.24, 2.45) is 0 Å². The molecule has 0 spiro atoms. The smallest absolute Gasteiger partial charge is 0.293 e. The van der Waals surface area contributed by atoms with E-state index in [-0.39, 0.29) is 6.42 Å². The molecular formula is C8H8F2OS. The molecule has 0 saturated heterocycles. The third-order valence-electron chi connectivity index (χ3n) is 1.48. The van der Waals surface area contributed by atoms with Gasteiger partial charge in [-0.2, -0.15) is 11.3 Å². The van der Waals surface area contributed by atoms with Gasteiger partial charge in [-0.25, -0.2) is 8.78 Å². The Hall–Kier alpha value is -0.770. The SMILES string of the molecule is O=C(CCc1ccsc1)C(F)F. The number of rotatable bonds is 4. The van der Waals surface area contributed by atoms with E-state index in [2.05, 4.69) is 0 Å². The summed E-state index contributed by atoms with van der Waals surface area (Å²) in [6.07, 6.45) is -2.45. The molecule has 0 bridgehead atoms. The second kappa shape index (κ2) is 4.30. The number of thiophene rings is 1. The highest BCUT2D eigenvalue weighted by Gasteiger charge is 2.14. The van der Waals surface area contributed by atoms with E-state index in [0.717, 1.165) is 5.56 Å².